The highest BCUT2D eigenvalue weighted by Gasteiger charge is 2.32. The summed E-state index contributed by atoms with van der Waals surface area (Å²) in [5, 5.41) is 10.1. The van der Waals surface area contributed by atoms with Gasteiger partial charge in [-0.15, -0.1) is 0 Å². The van der Waals surface area contributed by atoms with E-state index in [1.54, 1.807) is 7.05 Å². The zero-order valence-corrected chi connectivity index (χ0v) is 16.0. The number of pyridine rings is 1. The SMILES string of the molecule is Cc1c(C#N)c(SCC(=O)N(C)C2CCS(=O)(=O)C2)nc2c1CCC2. The van der Waals surface area contributed by atoms with Crippen LogP contribution in [0.3, 0.4) is 0 Å². The van der Waals surface area contributed by atoms with Crippen LogP contribution in [-0.4, -0.2) is 54.6 Å². The van der Waals surface area contributed by atoms with E-state index in [2.05, 4.69) is 11.1 Å². The molecule has 0 saturated carbocycles. The van der Waals surface area contributed by atoms with Gasteiger partial charge in [0.25, 0.3) is 0 Å². The molecule has 134 valence electrons. The van der Waals surface area contributed by atoms with Crippen LogP contribution in [0.2, 0.25) is 0 Å². The van der Waals surface area contributed by atoms with Gasteiger partial charge in [-0.2, -0.15) is 5.26 Å². The average molecular weight is 380 g/mol. The Morgan fingerprint density at radius 3 is 2.84 bits per heavy atom. The van der Waals surface area contributed by atoms with Crippen molar-refractivity contribution >= 4 is 27.5 Å². The first-order chi connectivity index (χ1) is 11.8. The predicted octanol–water partition coefficient (Wildman–Crippen LogP) is 1.49. The molecule has 1 amide bonds. The molecule has 1 aromatic heterocycles. The van der Waals surface area contributed by atoms with Crippen molar-refractivity contribution in [2.75, 3.05) is 24.3 Å². The van der Waals surface area contributed by atoms with Crippen LogP contribution in [0, 0.1) is 18.3 Å². The van der Waals surface area contributed by atoms with Crippen molar-refractivity contribution in [3.63, 3.8) is 0 Å². The van der Waals surface area contributed by atoms with Crippen molar-refractivity contribution < 1.29 is 13.2 Å². The highest BCUT2D eigenvalue weighted by molar-refractivity contribution is 8.00. The van der Waals surface area contributed by atoms with Gasteiger partial charge in [0, 0.05) is 18.8 Å². The minimum Gasteiger partial charge on any atom is -0.341 e. The van der Waals surface area contributed by atoms with E-state index in [1.165, 1.54) is 22.2 Å². The maximum Gasteiger partial charge on any atom is 0.233 e. The molecule has 0 aromatic carbocycles. The molecule has 1 aromatic rings. The van der Waals surface area contributed by atoms with Crippen molar-refractivity contribution in [1.82, 2.24) is 9.88 Å². The van der Waals surface area contributed by atoms with E-state index in [0.717, 1.165) is 30.5 Å². The zero-order chi connectivity index (χ0) is 18.2. The molecule has 1 fully saturated rings. The Bertz CT molecular complexity index is 859. The van der Waals surface area contributed by atoms with Gasteiger partial charge in [-0.3, -0.25) is 4.79 Å². The molecule has 1 aliphatic heterocycles. The predicted molar refractivity (Wildman–Crippen MR) is 96.3 cm³/mol. The number of nitriles is 1. The molecule has 1 atom stereocenters. The number of amides is 1. The summed E-state index contributed by atoms with van der Waals surface area (Å²) in [6.07, 6.45) is 3.43. The second-order valence-electron chi connectivity index (χ2n) is 6.66. The first-order valence-electron chi connectivity index (χ1n) is 8.33. The standard InChI is InChI=1S/C17H21N3O3S2/c1-11-13-4-3-5-15(13)19-17(14(11)8-18)24-9-16(21)20(2)12-6-7-25(22,23)10-12/h12H,3-7,9-10H2,1-2H3. The smallest absolute Gasteiger partial charge is 0.233 e. The number of carbonyl (C=O) groups excluding carboxylic acids is 1. The van der Waals surface area contributed by atoms with E-state index in [0.29, 0.717) is 17.0 Å². The average Bonchev–Trinajstić information content (AvgIpc) is 3.18. The lowest BCUT2D eigenvalue weighted by Gasteiger charge is -2.23. The topological polar surface area (TPSA) is 91.1 Å². The van der Waals surface area contributed by atoms with Gasteiger partial charge in [-0.25, -0.2) is 13.4 Å². The summed E-state index contributed by atoms with van der Waals surface area (Å²) in [5.41, 5.74) is 3.77. The van der Waals surface area contributed by atoms with E-state index < -0.39 is 9.84 Å². The minimum absolute atomic E-state index is 0.0412. The fraction of sp³-hybridized carbons (Fsp3) is 0.588. The highest BCUT2D eigenvalue weighted by Crippen LogP contribution is 2.32. The van der Waals surface area contributed by atoms with Crippen LogP contribution in [0.15, 0.2) is 5.03 Å². The molecule has 2 heterocycles. The first-order valence-corrected chi connectivity index (χ1v) is 11.1. The number of hydrogen-bond acceptors (Lipinski definition) is 6. The van der Waals surface area contributed by atoms with E-state index in [9.17, 15) is 18.5 Å². The molecule has 1 saturated heterocycles. The zero-order valence-electron chi connectivity index (χ0n) is 14.4. The number of nitrogens with zero attached hydrogens (tertiary/aromatic N) is 3. The lowest BCUT2D eigenvalue weighted by atomic mass is 10.0. The summed E-state index contributed by atoms with van der Waals surface area (Å²) in [6, 6.07) is 1.98. The molecule has 0 radical (unpaired) electrons. The van der Waals surface area contributed by atoms with Crippen LogP contribution in [0.5, 0.6) is 0 Å². The van der Waals surface area contributed by atoms with Crippen molar-refractivity contribution in [3.05, 3.63) is 22.4 Å². The monoisotopic (exact) mass is 379 g/mol. The number of fused-ring (bicyclic) bond motifs is 1. The summed E-state index contributed by atoms with van der Waals surface area (Å²) in [7, 11) is -1.37. The van der Waals surface area contributed by atoms with Crippen LogP contribution in [-0.2, 0) is 27.5 Å². The fourth-order valence-corrected chi connectivity index (χ4v) is 6.25. The van der Waals surface area contributed by atoms with E-state index >= 15 is 0 Å². The molecule has 25 heavy (non-hydrogen) atoms. The molecule has 1 aliphatic carbocycles. The van der Waals surface area contributed by atoms with Gasteiger partial charge in [0.2, 0.25) is 5.91 Å². The first kappa shape index (κ1) is 18.2. The van der Waals surface area contributed by atoms with Crippen LogP contribution in [0.25, 0.3) is 0 Å². The number of rotatable bonds is 4. The third-order valence-electron chi connectivity index (χ3n) is 5.06. The number of thioether (sulfide) groups is 1. The number of carbonyl (C=O) groups is 1. The third kappa shape index (κ3) is 3.67. The maximum atomic E-state index is 12.4. The molecule has 0 bridgehead atoms. The summed E-state index contributed by atoms with van der Waals surface area (Å²) in [5.74, 6) is 0.218. The Morgan fingerprint density at radius 2 is 2.20 bits per heavy atom. The summed E-state index contributed by atoms with van der Waals surface area (Å²) in [6.45, 7) is 1.95. The van der Waals surface area contributed by atoms with Crippen LogP contribution >= 0.6 is 11.8 Å². The molecule has 1 unspecified atom stereocenters. The number of aromatic nitrogens is 1. The normalized spacial score (nSPS) is 20.9. The fourth-order valence-electron chi connectivity index (χ4n) is 3.50. The number of aryl methyl sites for hydroxylation is 1. The van der Waals surface area contributed by atoms with Crippen molar-refractivity contribution in [1.29, 1.82) is 5.26 Å². The Balaban J connectivity index is 1.71. The van der Waals surface area contributed by atoms with Gasteiger partial charge in [0.15, 0.2) is 9.84 Å². The Hall–Kier alpha value is -1.59. The van der Waals surface area contributed by atoms with Gasteiger partial charge in [0.1, 0.15) is 11.1 Å². The second-order valence-corrected chi connectivity index (χ2v) is 9.85. The van der Waals surface area contributed by atoms with E-state index in [-0.39, 0.29) is 29.2 Å². The highest BCUT2D eigenvalue weighted by atomic mass is 32.2. The lowest BCUT2D eigenvalue weighted by Crippen LogP contribution is -2.38. The van der Waals surface area contributed by atoms with Gasteiger partial charge in [-0.05, 0) is 43.7 Å². The molecule has 8 heteroatoms. The summed E-state index contributed by atoms with van der Waals surface area (Å²) < 4.78 is 23.2. The Labute approximate surface area is 152 Å². The molecular weight excluding hydrogens is 358 g/mol. The molecular formula is C17H21N3O3S2. The molecule has 0 spiro atoms. The summed E-state index contributed by atoms with van der Waals surface area (Å²) in [4.78, 5) is 18.6. The summed E-state index contributed by atoms with van der Waals surface area (Å²) >= 11 is 1.27. The van der Waals surface area contributed by atoms with Gasteiger partial charge in [-0.1, -0.05) is 11.8 Å². The molecule has 0 N–H and O–H groups in total. The molecule has 6 nitrogen and oxygen atoms in total. The van der Waals surface area contributed by atoms with Crippen molar-refractivity contribution in [2.24, 2.45) is 0 Å². The molecule has 3 rings (SSSR count). The van der Waals surface area contributed by atoms with E-state index in [1.807, 2.05) is 6.92 Å². The van der Waals surface area contributed by atoms with Gasteiger partial charge < -0.3 is 4.90 Å². The molecule has 2 aliphatic rings. The third-order valence-corrected chi connectivity index (χ3v) is 7.77. The number of hydrogen-bond donors (Lipinski definition) is 0. The quantitative estimate of drug-likeness (QED) is 0.736. The van der Waals surface area contributed by atoms with Crippen LogP contribution in [0.1, 0.15) is 35.2 Å². The second kappa shape index (κ2) is 6.96. The Morgan fingerprint density at radius 1 is 1.44 bits per heavy atom. The van der Waals surface area contributed by atoms with Crippen molar-refractivity contribution in [3.8, 4) is 6.07 Å². The van der Waals surface area contributed by atoms with Gasteiger partial charge in [0.05, 0.1) is 22.8 Å². The number of sulfone groups is 1. The van der Waals surface area contributed by atoms with Gasteiger partial charge >= 0.3 is 0 Å². The van der Waals surface area contributed by atoms with Crippen LogP contribution in [0.4, 0.5) is 0 Å². The van der Waals surface area contributed by atoms with E-state index in [4.69, 9.17) is 0 Å². The minimum atomic E-state index is -3.02. The lowest BCUT2D eigenvalue weighted by molar-refractivity contribution is -0.128. The van der Waals surface area contributed by atoms with Crippen LogP contribution < -0.4 is 0 Å². The largest absolute Gasteiger partial charge is 0.341 e. The van der Waals surface area contributed by atoms with Crippen molar-refractivity contribution in [2.45, 2.75) is 43.7 Å². The maximum absolute atomic E-state index is 12.4. The Kier molecular flexibility index (Phi) is 5.07.